The van der Waals surface area contributed by atoms with Gasteiger partial charge in [-0.05, 0) is 43.9 Å². The molecule has 15 heteroatoms. The first kappa shape index (κ1) is 30.6. The number of guanidine groups is 1. The second-order valence-corrected chi connectivity index (χ2v) is 8.29. The van der Waals surface area contributed by atoms with E-state index in [2.05, 4.69) is 20.9 Å². The van der Waals surface area contributed by atoms with Crippen molar-refractivity contribution in [1.82, 2.24) is 16.0 Å². The summed E-state index contributed by atoms with van der Waals surface area (Å²) in [4.78, 5) is 64.4. The molecule has 13 N–H and O–H groups in total. The second kappa shape index (κ2) is 14.9. The first-order chi connectivity index (χ1) is 17.3. The van der Waals surface area contributed by atoms with Gasteiger partial charge in [-0.1, -0.05) is 12.1 Å². The van der Waals surface area contributed by atoms with Gasteiger partial charge in [-0.15, -0.1) is 0 Å². The number of primary amides is 1. The number of carbonyl (C=O) groups is 5. The van der Waals surface area contributed by atoms with Crippen LogP contribution in [-0.2, 0) is 30.4 Å². The van der Waals surface area contributed by atoms with E-state index < -0.39 is 60.2 Å². The number of nitrogens with one attached hydrogen (secondary N) is 3. The third-order valence-electron chi connectivity index (χ3n) is 5.08. The smallest absolute Gasteiger partial charge is 0.326 e. The van der Waals surface area contributed by atoms with Crippen LogP contribution in [0, 0.1) is 0 Å². The highest BCUT2D eigenvalue weighted by molar-refractivity contribution is 5.96. The van der Waals surface area contributed by atoms with Gasteiger partial charge in [-0.3, -0.25) is 24.2 Å². The van der Waals surface area contributed by atoms with Crippen molar-refractivity contribution in [3.63, 3.8) is 0 Å². The van der Waals surface area contributed by atoms with E-state index in [1.54, 1.807) is 12.1 Å². The number of phenolic OH excluding ortho intramolecular Hbond substituents is 1. The molecule has 1 aromatic carbocycles. The molecule has 4 unspecified atom stereocenters. The number of carboxylic acids is 1. The van der Waals surface area contributed by atoms with E-state index >= 15 is 0 Å². The van der Waals surface area contributed by atoms with Gasteiger partial charge in [-0.2, -0.15) is 0 Å². The zero-order valence-electron chi connectivity index (χ0n) is 20.3. The molecule has 1 aromatic rings. The maximum atomic E-state index is 12.7. The molecule has 0 heterocycles. The van der Waals surface area contributed by atoms with Crippen LogP contribution >= 0.6 is 0 Å². The summed E-state index contributed by atoms with van der Waals surface area (Å²) in [5.41, 5.74) is 22.2. The zero-order chi connectivity index (χ0) is 28.1. The highest BCUT2D eigenvalue weighted by Gasteiger charge is 2.29. The van der Waals surface area contributed by atoms with Crippen molar-refractivity contribution >= 4 is 35.6 Å². The number of amides is 4. The zero-order valence-corrected chi connectivity index (χ0v) is 20.3. The van der Waals surface area contributed by atoms with Crippen LogP contribution in [0.25, 0.3) is 0 Å². The first-order valence-electron chi connectivity index (χ1n) is 11.3. The van der Waals surface area contributed by atoms with E-state index in [-0.39, 0.29) is 37.5 Å². The quantitative estimate of drug-likeness (QED) is 0.0630. The summed E-state index contributed by atoms with van der Waals surface area (Å²) in [6.45, 7) is 1.46. The maximum Gasteiger partial charge on any atom is 0.326 e. The Kier molecular flexibility index (Phi) is 12.3. The number of benzene rings is 1. The molecule has 0 spiro atoms. The number of aliphatic carboxylic acids is 1. The Morgan fingerprint density at radius 3 is 2.05 bits per heavy atom. The number of hydrogen-bond acceptors (Lipinski definition) is 8. The number of nitrogens with two attached hydrogens (primary N) is 4. The molecule has 0 radical (unpaired) electrons. The van der Waals surface area contributed by atoms with Crippen LogP contribution in [0.3, 0.4) is 0 Å². The van der Waals surface area contributed by atoms with E-state index in [1.807, 2.05) is 0 Å². The lowest BCUT2D eigenvalue weighted by atomic mass is 10.0. The van der Waals surface area contributed by atoms with Crippen LogP contribution in [-0.4, -0.2) is 76.5 Å². The summed E-state index contributed by atoms with van der Waals surface area (Å²) in [6, 6.07) is 0.988. The Morgan fingerprint density at radius 1 is 0.919 bits per heavy atom. The van der Waals surface area contributed by atoms with Gasteiger partial charge in [-0.25, -0.2) is 4.79 Å². The number of carboxylic acid groups (broad SMARTS) is 1. The number of aromatic hydroxyl groups is 1. The fraction of sp³-hybridized carbons (Fsp3) is 0.455. The lowest BCUT2D eigenvalue weighted by molar-refractivity contribution is -0.142. The fourth-order valence-corrected chi connectivity index (χ4v) is 3.11. The molecule has 204 valence electrons. The molecule has 0 aliphatic rings. The predicted molar refractivity (Wildman–Crippen MR) is 133 cm³/mol. The number of carbonyl (C=O) groups excluding carboxylic acids is 4. The monoisotopic (exact) mass is 522 g/mol. The van der Waals surface area contributed by atoms with Crippen LogP contribution < -0.4 is 38.9 Å². The third kappa shape index (κ3) is 11.7. The van der Waals surface area contributed by atoms with Crippen molar-refractivity contribution < 1.29 is 34.2 Å². The first-order valence-corrected chi connectivity index (χ1v) is 11.3. The highest BCUT2D eigenvalue weighted by Crippen LogP contribution is 2.11. The van der Waals surface area contributed by atoms with Gasteiger partial charge in [0.2, 0.25) is 23.6 Å². The summed E-state index contributed by atoms with van der Waals surface area (Å²) in [7, 11) is 0. The van der Waals surface area contributed by atoms with Gasteiger partial charge in [0.25, 0.3) is 0 Å². The molecule has 0 aliphatic heterocycles. The van der Waals surface area contributed by atoms with Gasteiger partial charge < -0.3 is 49.1 Å². The van der Waals surface area contributed by atoms with E-state index in [4.69, 9.17) is 22.9 Å². The van der Waals surface area contributed by atoms with Crippen molar-refractivity contribution in [3.05, 3.63) is 29.8 Å². The number of phenols is 1. The summed E-state index contributed by atoms with van der Waals surface area (Å²) in [5, 5.41) is 25.7. The van der Waals surface area contributed by atoms with Crippen molar-refractivity contribution in [3.8, 4) is 5.75 Å². The largest absolute Gasteiger partial charge is 0.508 e. The fourth-order valence-electron chi connectivity index (χ4n) is 3.11. The number of hydrogen-bond donors (Lipinski definition) is 9. The van der Waals surface area contributed by atoms with Crippen molar-refractivity contribution in [1.29, 1.82) is 0 Å². The standard InChI is InChI=1S/C22H34N8O7/c1-11(18(33)29-15(21(36)37)3-2-8-27-22(25)26)28-20(35)16(10-17(24)32)30-19(34)14(23)9-12-4-6-13(31)7-5-12/h4-7,11,14-16,31H,2-3,8-10,23H2,1H3,(H2,24,32)(H,28,35)(H,29,33)(H,30,34)(H,36,37)(H4,25,26,27). The molecule has 0 saturated carbocycles. The van der Waals surface area contributed by atoms with Crippen LogP contribution in [0.1, 0.15) is 31.7 Å². The molecule has 0 aliphatic carbocycles. The van der Waals surface area contributed by atoms with Gasteiger partial charge in [0.05, 0.1) is 12.5 Å². The molecule has 0 bridgehead atoms. The summed E-state index contributed by atoms with van der Waals surface area (Å²) in [6.07, 6.45) is -0.194. The van der Waals surface area contributed by atoms with E-state index in [9.17, 15) is 34.2 Å². The Hall–Kier alpha value is -4.40. The van der Waals surface area contributed by atoms with Crippen LogP contribution in [0.5, 0.6) is 5.75 Å². The van der Waals surface area contributed by atoms with E-state index in [0.29, 0.717) is 5.56 Å². The minimum absolute atomic E-state index is 0.0256. The Balaban J connectivity index is 2.74. The average molecular weight is 523 g/mol. The van der Waals surface area contributed by atoms with Crippen molar-refractivity contribution in [2.45, 2.75) is 56.8 Å². The van der Waals surface area contributed by atoms with Gasteiger partial charge in [0.15, 0.2) is 5.96 Å². The number of nitrogens with zero attached hydrogens (tertiary/aromatic N) is 1. The van der Waals surface area contributed by atoms with Gasteiger partial charge >= 0.3 is 5.97 Å². The third-order valence-corrected chi connectivity index (χ3v) is 5.08. The Bertz CT molecular complexity index is 995. The van der Waals surface area contributed by atoms with Crippen LogP contribution in [0.2, 0.25) is 0 Å². The molecular formula is C22H34N8O7. The van der Waals surface area contributed by atoms with Crippen molar-refractivity contribution in [2.75, 3.05) is 6.54 Å². The molecular weight excluding hydrogens is 488 g/mol. The second-order valence-electron chi connectivity index (χ2n) is 8.29. The van der Waals surface area contributed by atoms with Gasteiger partial charge in [0.1, 0.15) is 23.9 Å². The SMILES string of the molecule is CC(NC(=O)C(CC(N)=O)NC(=O)C(N)Cc1ccc(O)cc1)C(=O)NC(CCCN=C(N)N)C(=O)O. The topological polar surface area (TPSA) is 278 Å². The van der Waals surface area contributed by atoms with Crippen LogP contribution in [0.15, 0.2) is 29.3 Å². The van der Waals surface area contributed by atoms with Gasteiger partial charge in [0, 0.05) is 6.54 Å². The average Bonchev–Trinajstić information content (AvgIpc) is 2.81. The van der Waals surface area contributed by atoms with Crippen LogP contribution in [0.4, 0.5) is 0 Å². The molecule has 4 atom stereocenters. The van der Waals surface area contributed by atoms with E-state index in [0.717, 1.165) is 0 Å². The molecule has 0 fully saturated rings. The molecule has 1 rings (SSSR count). The lowest BCUT2D eigenvalue weighted by Crippen LogP contribution is -2.57. The minimum atomic E-state index is -1.43. The number of aliphatic imine (C=N–C) groups is 1. The Morgan fingerprint density at radius 2 is 1.51 bits per heavy atom. The normalized spacial score (nSPS) is 13.8. The van der Waals surface area contributed by atoms with Crippen molar-refractivity contribution in [2.24, 2.45) is 27.9 Å². The summed E-state index contributed by atoms with van der Waals surface area (Å²) >= 11 is 0. The molecule has 37 heavy (non-hydrogen) atoms. The number of rotatable bonds is 15. The summed E-state index contributed by atoms with van der Waals surface area (Å²) in [5.74, 6) is -4.75. The molecule has 0 saturated heterocycles. The Labute approximate surface area is 213 Å². The molecule has 4 amide bonds. The summed E-state index contributed by atoms with van der Waals surface area (Å²) < 4.78 is 0. The predicted octanol–water partition coefficient (Wildman–Crippen LogP) is -3.25. The minimum Gasteiger partial charge on any atom is -0.508 e. The maximum absolute atomic E-state index is 12.7. The lowest BCUT2D eigenvalue weighted by Gasteiger charge is -2.23. The van der Waals surface area contributed by atoms with E-state index in [1.165, 1.54) is 19.1 Å². The highest BCUT2D eigenvalue weighted by atomic mass is 16.4. The molecule has 15 nitrogen and oxygen atoms in total. The molecule has 0 aromatic heterocycles.